The van der Waals surface area contributed by atoms with Crippen LogP contribution >= 0.6 is 31.9 Å². The van der Waals surface area contributed by atoms with Gasteiger partial charge in [0.2, 0.25) is 0 Å². The van der Waals surface area contributed by atoms with Gasteiger partial charge in [-0.1, -0.05) is 15.9 Å². The molecule has 110 valence electrons. The average molecular weight is 407 g/mol. The summed E-state index contributed by atoms with van der Waals surface area (Å²) in [6.07, 6.45) is 2.24. The van der Waals surface area contributed by atoms with Gasteiger partial charge in [0.05, 0.1) is 25.0 Å². The number of anilines is 1. The summed E-state index contributed by atoms with van der Waals surface area (Å²) in [5.74, 6) is 0.124. The first-order valence-electron chi connectivity index (χ1n) is 6.50. The molecule has 1 aliphatic rings. The maximum atomic E-state index is 11.9. The number of rotatable bonds is 4. The molecule has 1 heterocycles. The fourth-order valence-electron chi connectivity index (χ4n) is 2.24. The summed E-state index contributed by atoms with van der Waals surface area (Å²) >= 11 is 6.88. The van der Waals surface area contributed by atoms with Crippen LogP contribution in [0.15, 0.2) is 21.1 Å². The molecule has 2 rings (SSSR count). The van der Waals surface area contributed by atoms with Crippen LogP contribution in [0.5, 0.6) is 0 Å². The van der Waals surface area contributed by atoms with Crippen molar-refractivity contribution >= 4 is 43.5 Å². The lowest BCUT2D eigenvalue weighted by Gasteiger charge is -2.23. The highest BCUT2D eigenvalue weighted by molar-refractivity contribution is 9.11. The quantitative estimate of drug-likeness (QED) is 0.771. The van der Waals surface area contributed by atoms with E-state index in [1.807, 2.05) is 6.07 Å². The number of hydrogen-bond donors (Lipinski definition) is 1. The molecule has 1 aromatic carbocycles. The number of ether oxygens (including phenoxy) is 2. The van der Waals surface area contributed by atoms with Gasteiger partial charge in [-0.05, 0) is 46.8 Å². The van der Waals surface area contributed by atoms with Crippen molar-refractivity contribution in [1.82, 2.24) is 0 Å². The number of hydrogen-bond acceptors (Lipinski definition) is 4. The Morgan fingerprint density at radius 1 is 1.50 bits per heavy atom. The molecule has 0 aromatic heterocycles. The standard InChI is InChI=1S/C14H17Br2NO3/c1-19-14(18)11-5-10(15)6-12(16)13(11)17-7-9-3-2-4-20-8-9/h5-6,9,17H,2-4,7-8H2,1H3. The summed E-state index contributed by atoms with van der Waals surface area (Å²) in [4.78, 5) is 11.9. The third-order valence-electron chi connectivity index (χ3n) is 3.28. The molecule has 1 unspecified atom stereocenters. The van der Waals surface area contributed by atoms with Crippen LogP contribution < -0.4 is 5.32 Å². The lowest BCUT2D eigenvalue weighted by atomic mass is 10.0. The van der Waals surface area contributed by atoms with Crippen molar-refractivity contribution in [1.29, 1.82) is 0 Å². The van der Waals surface area contributed by atoms with Gasteiger partial charge in [0.15, 0.2) is 0 Å². The highest BCUT2D eigenvalue weighted by atomic mass is 79.9. The van der Waals surface area contributed by atoms with Gasteiger partial charge in [-0.25, -0.2) is 4.79 Å². The SMILES string of the molecule is COC(=O)c1cc(Br)cc(Br)c1NCC1CCCOC1. The number of methoxy groups -OCH3 is 1. The second-order valence-electron chi connectivity index (χ2n) is 4.77. The van der Waals surface area contributed by atoms with Crippen molar-refractivity contribution in [3.8, 4) is 0 Å². The third kappa shape index (κ3) is 3.96. The number of benzene rings is 1. The number of halogens is 2. The van der Waals surface area contributed by atoms with Gasteiger partial charge in [-0.3, -0.25) is 0 Å². The fourth-order valence-corrected chi connectivity index (χ4v) is 3.60. The van der Waals surface area contributed by atoms with E-state index in [2.05, 4.69) is 37.2 Å². The second-order valence-corrected chi connectivity index (χ2v) is 6.54. The summed E-state index contributed by atoms with van der Waals surface area (Å²) in [7, 11) is 1.38. The minimum Gasteiger partial charge on any atom is -0.465 e. The minimum atomic E-state index is -0.352. The van der Waals surface area contributed by atoms with E-state index in [9.17, 15) is 4.79 Å². The van der Waals surface area contributed by atoms with Gasteiger partial charge in [-0.15, -0.1) is 0 Å². The van der Waals surface area contributed by atoms with E-state index < -0.39 is 0 Å². The number of nitrogens with one attached hydrogen (secondary N) is 1. The first-order valence-corrected chi connectivity index (χ1v) is 8.09. The molecule has 1 fully saturated rings. The van der Waals surface area contributed by atoms with Gasteiger partial charge in [0, 0.05) is 22.1 Å². The Balaban J connectivity index is 2.14. The molecule has 0 bridgehead atoms. The molecular weight excluding hydrogens is 390 g/mol. The van der Waals surface area contributed by atoms with Crippen molar-refractivity contribution in [3.63, 3.8) is 0 Å². The Morgan fingerprint density at radius 2 is 2.30 bits per heavy atom. The van der Waals surface area contributed by atoms with E-state index >= 15 is 0 Å². The van der Waals surface area contributed by atoms with Crippen molar-refractivity contribution in [2.24, 2.45) is 5.92 Å². The van der Waals surface area contributed by atoms with Crippen LogP contribution in [-0.2, 0) is 9.47 Å². The zero-order valence-electron chi connectivity index (χ0n) is 11.2. The normalized spacial score (nSPS) is 18.6. The summed E-state index contributed by atoms with van der Waals surface area (Å²) in [5.41, 5.74) is 1.29. The Morgan fingerprint density at radius 3 is 2.95 bits per heavy atom. The van der Waals surface area contributed by atoms with Crippen molar-refractivity contribution in [2.75, 3.05) is 32.2 Å². The lowest BCUT2D eigenvalue weighted by molar-refractivity contribution is 0.0592. The molecule has 1 saturated heterocycles. The monoisotopic (exact) mass is 405 g/mol. The second kappa shape index (κ2) is 7.43. The lowest BCUT2D eigenvalue weighted by Crippen LogP contribution is -2.25. The van der Waals surface area contributed by atoms with E-state index in [4.69, 9.17) is 9.47 Å². The molecule has 0 aliphatic carbocycles. The number of esters is 1. The average Bonchev–Trinajstić information content (AvgIpc) is 2.46. The molecule has 0 saturated carbocycles. The highest BCUT2D eigenvalue weighted by Gasteiger charge is 2.18. The molecule has 1 aliphatic heterocycles. The Kier molecular flexibility index (Phi) is 5.86. The molecule has 6 heteroatoms. The maximum absolute atomic E-state index is 11.9. The van der Waals surface area contributed by atoms with Crippen molar-refractivity contribution in [3.05, 3.63) is 26.6 Å². The Hall–Kier alpha value is -0.590. The predicted octanol–water partition coefficient (Wildman–Crippen LogP) is 3.84. The smallest absolute Gasteiger partial charge is 0.340 e. The van der Waals surface area contributed by atoms with Gasteiger partial charge in [0.1, 0.15) is 0 Å². The van der Waals surface area contributed by atoms with E-state index in [1.165, 1.54) is 7.11 Å². The first-order chi connectivity index (χ1) is 9.61. The van der Waals surface area contributed by atoms with Crippen LogP contribution in [0.25, 0.3) is 0 Å². The molecule has 1 atom stereocenters. The maximum Gasteiger partial charge on any atom is 0.340 e. The van der Waals surface area contributed by atoms with Crippen LogP contribution in [0.1, 0.15) is 23.2 Å². The highest BCUT2D eigenvalue weighted by Crippen LogP contribution is 2.31. The molecule has 20 heavy (non-hydrogen) atoms. The van der Waals surface area contributed by atoms with E-state index in [-0.39, 0.29) is 5.97 Å². The Labute approximate surface area is 135 Å². The topological polar surface area (TPSA) is 47.6 Å². The third-order valence-corrected chi connectivity index (χ3v) is 4.37. The summed E-state index contributed by atoms with van der Waals surface area (Å²) in [6.45, 7) is 2.41. The fraction of sp³-hybridized carbons (Fsp3) is 0.500. The minimum absolute atomic E-state index is 0.352. The largest absolute Gasteiger partial charge is 0.465 e. The molecule has 1 aromatic rings. The predicted molar refractivity (Wildman–Crippen MR) is 85.2 cm³/mol. The zero-order chi connectivity index (χ0) is 14.5. The van der Waals surface area contributed by atoms with E-state index in [0.717, 1.165) is 47.2 Å². The van der Waals surface area contributed by atoms with Crippen LogP contribution in [0, 0.1) is 5.92 Å². The molecular formula is C14H17Br2NO3. The van der Waals surface area contributed by atoms with Crippen LogP contribution in [0.3, 0.4) is 0 Å². The molecule has 0 radical (unpaired) electrons. The summed E-state index contributed by atoms with van der Waals surface area (Å²) in [6, 6.07) is 3.67. The molecule has 0 amide bonds. The van der Waals surface area contributed by atoms with Gasteiger partial charge >= 0.3 is 5.97 Å². The van der Waals surface area contributed by atoms with Gasteiger partial charge < -0.3 is 14.8 Å². The van der Waals surface area contributed by atoms with Crippen molar-refractivity contribution < 1.29 is 14.3 Å². The van der Waals surface area contributed by atoms with Crippen molar-refractivity contribution in [2.45, 2.75) is 12.8 Å². The molecule has 1 N–H and O–H groups in total. The van der Waals surface area contributed by atoms with Gasteiger partial charge in [-0.2, -0.15) is 0 Å². The zero-order valence-corrected chi connectivity index (χ0v) is 14.4. The molecule has 0 spiro atoms. The summed E-state index contributed by atoms with van der Waals surface area (Å²) < 4.78 is 12.0. The van der Waals surface area contributed by atoms with Crippen LogP contribution in [-0.4, -0.2) is 32.8 Å². The van der Waals surface area contributed by atoms with E-state index in [1.54, 1.807) is 6.07 Å². The Bertz CT molecular complexity index is 488. The van der Waals surface area contributed by atoms with Crippen LogP contribution in [0.4, 0.5) is 5.69 Å². The molecule has 4 nitrogen and oxygen atoms in total. The van der Waals surface area contributed by atoms with Crippen LogP contribution in [0.2, 0.25) is 0 Å². The number of carbonyl (C=O) groups is 1. The number of carbonyl (C=O) groups excluding carboxylic acids is 1. The van der Waals surface area contributed by atoms with E-state index in [0.29, 0.717) is 11.5 Å². The summed E-state index contributed by atoms with van der Waals surface area (Å²) in [5, 5.41) is 3.35. The first kappa shape index (κ1) is 15.8. The van der Waals surface area contributed by atoms with Gasteiger partial charge in [0.25, 0.3) is 0 Å².